The first-order valence-electron chi connectivity index (χ1n) is 6.14. The maximum absolute atomic E-state index is 9.60. The van der Waals surface area contributed by atoms with Crippen molar-refractivity contribution < 1.29 is 9.90 Å². The number of hydrogen-bond donors (Lipinski definition) is 1. The standard InChI is InChI=1S/C13H10.C4H6O2/c1-3-7-12-10(5-1)9-11-6-2-4-8-13(11)12;1-3(2)4(5)6/h1-8H,9H2;1H2,2H3,(H,5,6). The largest absolute Gasteiger partial charge is 0.478 e. The summed E-state index contributed by atoms with van der Waals surface area (Å²) in [6, 6.07) is 17.3. The minimum atomic E-state index is -0.935. The number of fused-ring (bicyclic) bond motifs is 3. The van der Waals surface area contributed by atoms with Gasteiger partial charge in [0.05, 0.1) is 0 Å². The van der Waals surface area contributed by atoms with E-state index in [1.165, 1.54) is 29.2 Å². The summed E-state index contributed by atoms with van der Waals surface area (Å²) in [5, 5.41) is 7.89. The Kier molecular flexibility index (Phi) is 3.81. The van der Waals surface area contributed by atoms with Gasteiger partial charge in [-0.2, -0.15) is 0 Å². The SMILES string of the molecule is C=C(C)C(=O)O.c1ccc2c(c1)Cc1ccccc1-2. The molecule has 0 unspecified atom stereocenters. The van der Waals surface area contributed by atoms with Crippen LogP contribution < -0.4 is 0 Å². The van der Waals surface area contributed by atoms with Crippen molar-refractivity contribution in [1.82, 2.24) is 0 Å². The summed E-state index contributed by atoms with van der Waals surface area (Å²) in [5.74, 6) is -0.935. The third-order valence-corrected chi connectivity index (χ3v) is 3.07. The van der Waals surface area contributed by atoms with Crippen LogP contribution in [-0.4, -0.2) is 11.1 Å². The van der Waals surface area contributed by atoms with Gasteiger partial charge in [0.25, 0.3) is 0 Å². The fraction of sp³-hybridized carbons (Fsp3) is 0.118. The Bertz CT molecular complexity index is 571. The molecule has 0 radical (unpaired) electrons. The highest BCUT2D eigenvalue weighted by Gasteiger charge is 2.15. The molecule has 2 aromatic rings. The second kappa shape index (κ2) is 5.53. The molecule has 0 bridgehead atoms. The maximum atomic E-state index is 9.60. The van der Waals surface area contributed by atoms with Crippen molar-refractivity contribution in [2.75, 3.05) is 0 Å². The fourth-order valence-corrected chi connectivity index (χ4v) is 2.08. The van der Waals surface area contributed by atoms with Gasteiger partial charge >= 0.3 is 5.97 Å². The first-order valence-corrected chi connectivity index (χ1v) is 6.14. The molecule has 1 aliphatic rings. The zero-order chi connectivity index (χ0) is 13.8. The normalized spacial score (nSPS) is 10.8. The molecule has 0 fully saturated rings. The molecule has 0 saturated carbocycles. The van der Waals surface area contributed by atoms with Gasteiger partial charge in [-0.25, -0.2) is 4.79 Å². The van der Waals surface area contributed by atoms with Crippen LogP contribution in [0.5, 0.6) is 0 Å². The lowest BCUT2D eigenvalue weighted by Gasteiger charge is -1.98. The van der Waals surface area contributed by atoms with Gasteiger partial charge in [0.2, 0.25) is 0 Å². The van der Waals surface area contributed by atoms with Gasteiger partial charge in [-0.3, -0.25) is 0 Å². The topological polar surface area (TPSA) is 37.3 Å². The van der Waals surface area contributed by atoms with E-state index in [0.717, 1.165) is 6.42 Å². The number of rotatable bonds is 1. The monoisotopic (exact) mass is 252 g/mol. The van der Waals surface area contributed by atoms with E-state index in [1.54, 1.807) is 0 Å². The Morgan fingerprint density at radius 3 is 1.74 bits per heavy atom. The Morgan fingerprint density at radius 1 is 1.00 bits per heavy atom. The predicted molar refractivity (Wildman–Crippen MR) is 77.1 cm³/mol. The quantitative estimate of drug-likeness (QED) is 0.667. The number of aliphatic carboxylic acids is 1. The summed E-state index contributed by atoms with van der Waals surface area (Å²) in [5.41, 5.74) is 5.93. The molecule has 3 rings (SSSR count). The zero-order valence-electron chi connectivity index (χ0n) is 10.9. The lowest BCUT2D eigenvalue weighted by molar-refractivity contribution is -0.132. The first-order chi connectivity index (χ1) is 9.09. The highest BCUT2D eigenvalue weighted by Crippen LogP contribution is 2.35. The van der Waals surface area contributed by atoms with Gasteiger partial charge in [0.15, 0.2) is 0 Å². The van der Waals surface area contributed by atoms with Gasteiger partial charge in [0, 0.05) is 5.57 Å². The Labute approximate surface area is 113 Å². The molecule has 0 atom stereocenters. The van der Waals surface area contributed by atoms with Crippen LogP contribution in [-0.2, 0) is 11.2 Å². The molecule has 0 aromatic heterocycles. The summed E-state index contributed by atoms with van der Waals surface area (Å²) in [7, 11) is 0. The highest BCUT2D eigenvalue weighted by molar-refractivity contribution is 5.84. The average molecular weight is 252 g/mol. The lowest BCUT2D eigenvalue weighted by Crippen LogP contribution is -1.92. The molecule has 0 amide bonds. The number of hydrogen-bond acceptors (Lipinski definition) is 1. The van der Waals surface area contributed by atoms with Crippen molar-refractivity contribution in [2.24, 2.45) is 0 Å². The minimum absolute atomic E-state index is 0.176. The molecule has 0 heterocycles. The summed E-state index contributed by atoms with van der Waals surface area (Å²) >= 11 is 0. The van der Waals surface area contributed by atoms with Crippen molar-refractivity contribution in [2.45, 2.75) is 13.3 Å². The Morgan fingerprint density at radius 2 is 1.37 bits per heavy atom. The second-order valence-corrected chi connectivity index (χ2v) is 4.58. The molecular weight excluding hydrogens is 236 g/mol. The first kappa shape index (κ1) is 13.1. The van der Waals surface area contributed by atoms with Crippen LogP contribution in [0.1, 0.15) is 18.1 Å². The summed E-state index contributed by atoms with van der Waals surface area (Å²) < 4.78 is 0. The van der Waals surface area contributed by atoms with E-state index in [0.29, 0.717) is 0 Å². The molecule has 0 spiro atoms. The van der Waals surface area contributed by atoms with Crippen LogP contribution in [0.3, 0.4) is 0 Å². The van der Waals surface area contributed by atoms with E-state index in [2.05, 4.69) is 55.1 Å². The summed E-state index contributed by atoms with van der Waals surface area (Å²) in [6.07, 6.45) is 1.10. The smallest absolute Gasteiger partial charge is 0.330 e. The van der Waals surface area contributed by atoms with Crippen LogP contribution >= 0.6 is 0 Å². The maximum Gasteiger partial charge on any atom is 0.330 e. The zero-order valence-corrected chi connectivity index (χ0v) is 10.9. The molecule has 2 nitrogen and oxygen atoms in total. The number of carbonyl (C=O) groups is 1. The molecule has 19 heavy (non-hydrogen) atoms. The molecular formula is C17H16O2. The van der Waals surface area contributed by atoms with E-state index < -0.39 is 5.97 Å². The van der Waals surface area contributed by atoms with Gasteiger partial charge in [-0.15, -0.1) is 0 Å². The fourth-order valence-electron chi connectivity index (χ4n) is 2.08. The molecule has 1 N–H and O–H groups in total. The molecule has 2 aromatic carbocycles. The number of carboxylic acid groups (broad SMARTS) is 1. The third kappa shape index (κ3) is 2.91. The summed E-state index contributed by atoms with van der Waals surface area (Å²) in [6.45, 7) is 4.60. The van der Waals surface area contributed by atoms with E-state index in [4.69, 9.17) is 5.11 Å². The van der Waals surface area contributed by atoms with Crippen LogP contribution in [0.15, 0.2) is 60.7 Å². The molecule has 0 aliphatic heterocycles. The molecule has 2 heteroatoms. The van der Waals surface area contributed by atoms with Gasteiger partial charge in [-0.05, 0) is 35.6 Å². The average Bonchev–Trinajstić information content (AvgIpc) is 2.78. The van der Waals surface area contributed by atoms with E-state index in [-0.39, 0.29) is 5.57 Å². The van der Waals surface area contributed by atoms with Crippen molar-refractivity contribution in [3.05, 3.63) is 71.8 Å². The van der Waals surface area contributed by atoms with Gasteiger partial charge in [0.1, 0.15) is 0 Å². The minimum Gasteiger partial charge on any atom is -0.478 e. The molecule has 96 valence electrons. The van der Waals surface area contributed by atoms with E-state index in [1.807, 2.05) is 0 Å². The molecule has 0 saturated heterocycles. The van der Waals surface area contributed by atoms with Crippen LogP contribution in [0.25, 0.3) is 11.1 Å². The van der Waals surface area contributed by atoms with Gasteiger partial charge < -0.3 is 5.11 Å². The van der Waals surface area contributed by atoms with Crippen molar-refractivity contribution in [1.29, 1.82) is 0 Å². The van der Waals surface area contributed by atoms with Crippen molar-refractivity contribution in [3.8, 4) is 11.1 Å². The molecule has 1 aliphatic carbocycles. The predicted octanol–water partition coefficient (Wildman–Crippen LogP) is 3.90. The van der Waals surface area contributed by atoms with Crippen LogP contribution in [0.4, 0.5) is 0 Å². The Hall–Kier alpha value is -2.35. The van der Waals surface area contributed by atoms with Crippen LogP contribution in [0.2, 0.25) is 0 Å². The van der Waals surface area contributed by atoms with Crippen molar-refractivity contribution in [3.63, 3.8) is 0 Å². The summed E-state index contributed by atoms with van der Waals surface area (Å²) in [4.78, 5) is 9.60. The van der Waals surface area contributed by atoms with Gasteiger partial charge in [-0.1, -0.05) is 55.1 Å². The van der Waals surface area contributed by atoms with Crippen molar-refractivity contribution >= 4 is 5.97 Å². The van der Waals surface area contributed by atoms with Crippen LogP contribution in [0, 0.1) is 0 Å². The second-order valence-electron chi connectivity index (χ2n) is 4.58. The number of benzene rings is 2. The Balaban J connectivity index is 0.000000192. The highest BCUT2D eigenvalue weighted by atomic mass is 16.4. The number of carboxylic acids is 1. The van der Waals surface area contributed by atoms with E-state index in [9.17, 15) is 4.79 Å². The lowest BCUT2D eigenvalue weighted by atomic mass is 10.1. The van der Waals surface area contributed by atoms with E-state index >= 15 is 0 Å². The third-order valence-electron chi connectivity index (χ3n) is 3.07.